The van der Waals surface area contributed by atoms with Gasteiger partial charge in [0.2, 0.25) is 5.91 Å². The van der Waals surface area contributed by atoms with Gasteiger partial charge >= 0.3 is 5.97 Å². The van der Waals surface area contributed by atoms with Crippen LogP contribution in [0, 0.1) is 11.8 Å². The van der Waals surface area contributed by atoms with Crippen molar-refractivity contribution >= 4 is 29.1 Å². The van der Waals surface area contributed by atoms with Crippen LogP contribution in [0.4, 0.5) is 0 Å². The molecule has 0 unspecified atom stereocenters. The topological polar surface area (TPSA) is 78.9 Å². The first-order valence-electron chi connectivity index (χ1n) is 11.4. The number of unbranched alkanes of at least 4 members (excludes halogenated alkanes) is 3. The Balaban J connectivity index is 1.73. The number of rotatable bonds is 14. The Morgan fingerprint density at radius 2 is 1.90 bits per heavy atom. The number of carbonyl (C=O) groups excluding carboxylic acids is 1. The zero-order chi connectivity index (χ0) is 21.9. The lowest BCUT2D eigenvalue weighted by Gasteiger charge is -2.27. The van der Waals surface area contributed by atoms with Crippen molar-refractivity contribution in [3.63, 3.8) is 0 Å². The Morgan fingerprint density at radius 3 is 2.60 bits per heavy atom. The van der Waals surface area contributed by atoms with Crippen molar-refractivity contribution in [2.75, 3.05) is 20.1 Å². The number of hydrogen-bond donors (Lipinski definition) is 2. The molecule has 30 heavy (non-hydrogen) atoms. The highest BCUT2D eigenvalue weighted by atomic mass is 32.1. The maximum absolute atomic E-state index is 12.4. The third-order valence-electron chi connectivity index (χ3n) is 6.30. The van der Waals surface area contributed by atoms with E-state index in [1.54, 1.807) is 0 Å². The number of carbonyl (C=O) groups is 2. The van der Waals surface area contributed by atoms with Crippen molar-refractivity contribution in [1.29, 1.82) is 0 Å². The summed E-state index contributed by atoms with van der Waals surface area (Å²) in [5.74, 6) is 0.0103. The molecule has 2 saturated heterocycles. The number of fused-ring (bicyclic) bond motifs is 2. The molecule has 4 atom stereocenters. The summed E-state index contributed by atoms with van der Waals surface area (Å²) in [4.78, 5) is 25.7. The molecule has 0 radical (unpaired) electrons. The average molecular weight is 439 g/mol. The zero-order valence-corrected chi connectivity index (χ0v) is 19.3. The van der Waals surface area contributed by atoms with Crippen LogP contribution in [0.15, 0.2) is 12.2 Å². The van der Waals surface area contributed by atoms with E-state index in [9.17, 15) is 9.59 Å². The van der Waals surface area contributed by atoms with Crippen molar-refractivity contribution in [3.05, 3.63) is 12.2 Å². The van der Waals surface area contributed by atoms with Gasteiger partial charge in [-0.25, -0.2) is 0 Å². The smallest absolute Gasteiger partial charge is 0.303 e. The van der Waals surface area contributed by atoms with Gasteiger partial charge in [0.15, 0.2) is 0 Å². The number of carboxylic acids is 1. The molecule has 1 amide bonds. The average Bonchev–Trinajstić information content (AvgIpc) is 3.30. The zero-order valence-electron chi connectivity index (χ0n) is 18.5. The SMILES string of the molecule is CCCCCN(C)C(=S)CC(=O)NC[C@H]1[C@@H](C/C=C\CCCC(=O)O)[C@H]2CC[C@@H]1O2. The van der Waals surface area contributed by atoms with Crippen LogP contribution in [-0.2, 0) is 14.3 Å². The molecule has 2 aliphatic heterocycles. The molecule has 6 nitrogen and oxygen atoms in total. The predicted octanol–water partition coefficient (Wildman–Crippen LogP) is 3.94. The first-order valence-corrected chi connectivity index (χ1v) is 11.9. The van der Waals surface area contributed by atoms with Gasteiger partial charge in [-0.3, -0.25) is 9.59 Å². The molecule has 0 aliphatic carbocycles. The van der Waals surface area contributed by atoms with Crippen LogP contribution in [0.3, 0.4) is 0 Å². The van der Waals surface area contributed by atoms with Crippen LogP contribution in [0.25, 0.3) is 0 Å². The Morgan fingerprint density at radius 1 is 1.17 bits per heavy atom. The highest BCUT2D eigenvalue weighted by molar-refractivity contribution is 7.80. The summed E-state index contributed by atoms with van der Waals surface area (Å²) in [6.45, 7) is 3.72. The molecule has 2 bridgehead atoms. The molecule has 0 aromatic carbocycles. The predicted molar refractivity (Wildman–Crippen MR) is 122 cm³/mol. The molecule has 7 heteroatoms. The molecule has 0 aromatic rings. The van der Waals surface area contributed by atoms with E-state index in [2.05, 4.69) is 24.4 Å². The van der Waals surface area contributed by atoms with Crippen LogP contribution in [0.5, 0.6) is 0 Å². The standard InChI is InChI=1S/C23H38N2O4S/c1-3-4-9-14-25(2)22(30)15-21(26)24-16-18-17(19-12-13-20(18)29-19)10-7-5-6-8-11-23(27)28/h5,7,17-20H,3-4,6,8-16H2,1-2H3,(H,24,26)(H,27,28)/b7-5-/t17-,18+,19-,20+/m1/s1. The number of carboxylic acid groups (broad SMARTS) is 1. The number of ether oxygens (including phenoxy) is 1. The van der Waals surface area contributed by atoms with Gasteiger partial charge in [0.25, 0.3) is 0 Å². The molecule has 0 spiro atoms. The molecule has 0 aromatic heterocycles. The van der Waals surface area contributed by atoms with Crippen LogP contribution >= 0.6 is 12.2 Å². The Hall–Kier alpha value is -1.47. The summed E-state index contributed by atoms with van der Waals surface area (Å²) in [7, 11) is 1.97. The van der Waals surface area contributed by atoms with Crippen molar-refractivity contribution in [3.8, 4) is 0 Å². The minimum Gasteiger partial charge on any atom is -0.481 e. The van der Waals surface area contributed by atoms with Gasteiger partial charge in [0.1, 0.15) is 0 Å². The minimum absolute atomic E-state index is 0.00641. The molecule has 170 valence electrons. The van der Waals surface area contributed by atoms with Crippen LogP contribution in [0.1, 0.15) is 71.1 Å². The number of hydrogen-bond acceptors (Lipinski definition) is 4. The highest BCUT2D eigenvalue weighted by Crippen LogP contribution is 2.44. The molecular formula is C23H38N2O4S. The molecule has 2 fully saturated rings. The fourth-order valence-electron chi connectivity index (χ4n) is 4.51. The summed E-state index contributed by atoms with van der Waals surface area (Å²) < 4.78 is 6.12. The number of nitrogens with zero attached hydrogens (tertiary/aromatic N) is 1. The quantitative estimate of drug-likeness (QED) is 0.243. The van der Waals surface area contributed by atoms with Gasteiger partial charge in [-0.15, -0.1) is 0 Å². The molecule has 2 heterocycles. The van der Waals surface area contributed by atoms with E-state index in [4.69, 9.17) is 22.1 Å². The first kappa shape index (κ1) is 24.8. The first-order chi connectivity index (χ1) is 14.4. The lowest BCUT2D eigenvalue weighted by atomic mass is 9.77. The normalized spacial score (nSPS) is 25.0. The van der Waals surface area contributed by atoms with Gasteiger partial charge in [0.05, 0.1) is 23.6 Å². The van der Waals surface area contributed by atoms with Crippen molar-refractivity contribution in [2.45, 2.75) is 83.3 Å². The summed E-state index contributed by atoms with van der Waals surface area (Å²) in [6.07, 6.45) is 13.3. The third-order valence-corrected chi connectivity index (χ3v) is 6.75. The third kappa shape index (κ3) is 7.99. The second kappa shape index (κ2) is 13.1. The van der Waals surface area contributed by atoms with Crippen LogP contribution < -0.4 is 5.32 Å². The van der Waals surface area contributed by atoms with Crippen molar-refractivity contribution in [2.24, 2.45) is 11.8 Å². The molecule has 2 rings (SSSR count). The minimum atomic E-state index is -0.743. The van der Waals surface area contributed by atoms with Gasteiger partial charge in [-0.2, -0.15) is 0 Å². The van der Waals surface area contributed by atoms with E-state index in [1.165, 1.54) is 12.8 Å². The molecular weight excluding hydrogens is 400 g/mol. The largest absolute Gasteiger partial charge is 0.481 e. The van der Waals surface area contributed by atoms with E-state index in [1.807, 2.05) is 11.9 Å². The van der Waals surface area contributed by atoms with Gasteiger partial charge in [-0.05, 0) is 44.4 Å². The summed E-state index contributed by atoms with van der Waals surface area (Å²) in [6, 6.07) is 0. The number of thiocarbonyl (C=S) groups is 1. The number of aliphatic carboxylic acids is 1. The second-order valence-electron chi connectivity index (χ2n) is 8.61. The number of allylic oxidation sites excluding steroid dienone is 2. The number of nitrogens with one attached hydrogen (secondary N) is 1. The Bertz CT molecular complexity index is 610. The second-order valence-corrected chi connectivity index (χ2v) is 9.09. The van der Waals surface area contributed by atoms with E-state index < -0.39 is 5.97 Å². The highest BCUT2D eigenvalue weighted by Gasteiger charge is 2.47. The molecule has 2 aliphatic rings. The summed E-state index contributed by atoms with van der Waals surface area (Å²) in [5, 5.41) is 11.8. The Labute approximate surface area is 186 Å². The molecule has 0 saturated carbocycles. The van der Waals surface area contributed by atoms with Gasteiger partial charge in [-0.1, -0.05) is 44.1 Å². The fourth-order valence-corrected chi connectivity index (χ4v) is 4.73. The van der Waals surface area contributed by atoms with Crippen molar-refractivity contribution in [1.82, 2.24) is 10.2 Å². The Kier molecular flexibility index (Phi) is 10.8. The van der Waals surface area contributed by atoms with E-state index in [0.717, 1.165) is 38.6 Å². The van der Waals surface area contributed by atoms with E-state index >= 15 is 0 Å². The monoisotopic (exact) mass is 438 g/mol. The van der Waals surface area contributed by atoms with E-state index in [-0.39, 0.29) is 31.0 Å². The van der Waals surface area contributed by atoms with Crippen molar-refractivity contribution < 1.29 is 19.4 Å². The maximum Gasteiger partial charge on any atom is 0.303 e. The lowest BCUT2D eigenvalue weighted by Crippen LogP contribution is -2.39. The van der Waals surface area contributed by atoms with Gasteiger partial charge < -0.3 is 20.1 Å². The number of amides is 1. The lowest BCUT2D eigenvalue weighted by molar-refractivity contribution is -0.137. The van der Waals surface area contributed by atoms with Gasteiger partial charge in [0, 0.05) is 32.5 Å². The fraction of sp³-hybridized carbons (Fsp3) is 0.783. The van der Waals surface area contributed by atoms with Crippen LogP contribution in [0.2, 0.25) is 0 Å². The summed E-state index contributed by atoms with van der Waals surface area (Å²) >= 11 is 5.43. The molecule has 2 N–H and O–H groups in total. The van der Waals surface area contributed by atoms with Crippen LogP contribution in [-0.4, -0.2) is 59.2 Å². The summed E-state index contributed by atoms with van der Waals surface area (Å²) in [5.41, 5.74) is 0. The van der Waals surface area contributed by atoms with E-state index in [0.29, 0.717) is 29.8 Å². The maximum atomic E-state index is 12.4.